The Morgan fingerprint density at radius 2 is 1.08 bits per heavy atom. The van der Waals surface area contributed by atoms with Gasteiger partial charge in [-0.1, -0.05) is 72.8 Å². The normalized spacial score (nSPS) is 15.0. The molecule has 0 aliphatic carbocycles. The van der Waals surface area contributed by atoms with Crippen LogP contribution < -0.4 is 10.6 Å². The van der Waals surface area contributed by atoms with Gasteiger partial charge in [-0.05, 0) is 83.3 Å². The monoisotopic (exact) mass is 718 g/mol. The third-order valence-electron chi connectivity index (χ3n) is 9.94. The van der Waals surface area contributed by atoms with Crippen molar-refractivity contribution in [2.24, 2.45) is 0 Å². The molecule has 6 rings (SSSR count). The van der Waals surface area contributed by atoms with Crippen LogP contribution in [0.25, 0.3) is 0 Å². The standard InChI is InChI=1S/C22H26N2O3.C21H24N2O3/c1-15(23-16(2)25)18-9-7-17(8-10-18)13-24-12-11-20-19(14-24)5-4-6-21(20)22(26)27-3;1-14(22-15(2)24)17-8-6-16(7-9-17)12-23-11-10-19-18(13-23)4-3-5-20(19)21(25)26/h4-10,15H,11-14H2,1-3H3,(H,23,25);3-9,14H,10-13H2,1-2H3,(H,22,24)(H,25,26)/t15-;14-/m00/s1. The first-order valence-electron chi connectivity index (χ1n) is 18.1. The quantitative estimate of drug-likeness (QED) is 0.162. The molecule has 0 spiro atoms. The van der Waals surface area contributed by atoms with Crippen molar-refractivity contribution in [2.75, 3.05) is 20.2 Å². The second-order valence-electron chi connectivity index (χ2n) is 13.9. The second-order valence-corrected chi connectivity index (χ2v) is 13.9. The van der Waals surface area contributed by atoms with Crippen molar-refractivity contribution in [3.8, 4) is 0 Å². The number of rotatable bonds is 10. The Labute approximate surface area is 312 Å². The molecule has 2 aliphatic rings. The summed E-state index contributed by atoms with van der Waals surface area (Å²) in [5.41, 5.74) is 10.1. The van der Waals surface area contributed by atoms with Crippen LogP contribution in [-0.2, 0) is 53.3 Å². The van der Waals surface area contributed by atoms with Crippen molar-refractivity contribution in [2.45, 2.75) is 78.8 Å². The molecule has 3 N–H and O–H groups in total. The van der Waals surface area contributed by atoms with Crippen molar-refractivity contribution in [1.29, 1.82) is 0 Å². The van der Waals surface area contributed by atoms with Crippen molar-refractivity contribution in [1.82, 2.24) is 20.4 Å². The third kappa shape index (κ3) is 10.4. The fraction of sp³-hybridized carbons (Fsp3) is 0.349. The van der Waals surface area contributed by atoms with E-state index in [2.05, 4.69) is 75.0 Å². The molecule has 278 valence electrons. The Bertz CT molecular complexity index is 1920. The number of ether oxygens (including phenoxy) is 1. The number of carbonyl (C=O) groups is 4. The highest BCUT2D eigenvalue weighted by Crippen LogP contribution is 2.26. The third-order valence-corrected chi connectivity index (χ3v) is 9.94. The van der Waals surface area contributed by atoms with Crippen LogP contribution in [0.5, 0.6) is 0 Å². The number of hydrogen-bond donors (Lipinski definition) is 3. The molecule has 0 aromatic heterocycles. The van der Waals surface area contributed by atoms with Gasteiger partial charge in [0.1, 0.15) is 0 Å². The Kier molecular flexibility index (Phi) is 13.2. The molecule has 0 radical (unpaired) electrons. The first kappa shape index (κ1) is 38.9. The zero-order chi connectivity index (χ0) is 38.1. The van der Waals surface area contributed by atoms with E-state index in [-0.39, 0.29) is 29.9 Å². The molecule has 0 unspecified atom stereocenters. The molecule has 0 saturated carbocycles. The summed E-state index contributed by atoms with van der Waals surface area (Å²) in [4.78, 5) is 50.4. The maximum atomic E-state index is 11.9. The van der Waals surface area contributed by atoms with Gasteiger partial charge in [0.05, 0.1) is 30.3 Å². The first-order chi connectivity index (χ1) is 25.4. The van der Waals surface area contributed by atoms with Gasteiger partial charge in [0.25, 0.3) is 0 Å². The highest BCUT2D eigenvalue weighted by molar-refractivity contribution is 5.91. The highest BCUT2D eigenvalue weighted by atomic mass is 16.5. The fourth-order valence-electron chi connectivity index (χ4n) is 7.22. The lowest BCUT2D eigenvalue weighted by atomic mass is 9.94. The van der Waals surface area contributed by atoms with Crippen molar-refractivity contribution >= 4 is 23.8 Å². The van der Waals surface area contributed by atoms with Crippen LogP contribution in [0.1, 0.15) is 105 Å². The van der Waals surface area contributed by atoms with Crippen LogP contribution in [0.15, 0.2) is 84.9 Å². The number of hydrogen-bond acceptors (Lipinski definition) is 7. The van der Waals surface area contributed by atoms with Crippen molar-refractivity contribution < 1.29 is 29.0 Å². The topological polar surface area (TPSA) is 128 Å². The zero-order valence-corrected chi connectivity index (χ0v) is 31.3. The number of aromatic carboxylic acids is 1. The summed E-state index contributed by atoms with van der Waals surface area (Å²) in [6.07, 6.45) is 1.60. The Morgan fingerprint density at radius 1 is 0.660 bits per heavy atom. The van der Waals surface area contributed by atoms with Crippen LogP contribution in [0.3, 0.4) is 0 Å². The smallest absolute Gasteiger partial charge is 0.338 e. The predicted octanol–water partition coefficient (Wildman–Crippen LogP) is 6.37. The zero-order valence-electron chi connectivity index (χ0n) is 31.3. The molecule has 2 aliphatic heterocycles. The molecule has 53 heavy (non-hydrogen) atoms. The van der Waals surface area contributed by atoms with E-state index in [1.54, 1.807) is 6.07 Å². The van der Waals surface area contributed by atoms with Crippen molar-refractivity contribution in [3.05, 3.63) is 141 Å². The molecule has 2 amide bonds. The molecule has 0 saturated heterocycles. The van der Waals surface area contributed by atoms with Gasteiger partial charge in [0, 0.05) is 53.1 Å². The second kappa shape index (κ2) is 17.9. The van der Waals surface area contributed by atoms with E-state index in [9.17, 15) is 24.3 Å². The number of amides is 2. The number of nitrogens with zero attached hydrogens (tertiary/aromatic N) is 2. The van der Waals surface area contributed by atoms with E-state index in [0.717, 1.165) is 79.9 Å². The number of esters is 1. The minimum Gasteiger partial charge on any atom is -0.478 e. The van der Waals surface area contributed by atoms with Gasteiger partial charge in [-0.2, -0.15) is 0 Å². The lowest BCUT2D eigenvalue weighted by Gasteiger charge is -2.29. The average molecular weight is 719 g/mol. The van der Waals surface area contributed by atoms with Gasteiger partial charge >= 0.3 is 11.9 Å². The molecule has 0 bridgehead atoms. The lowest BCUT2D eigenvalue weighted by Crippen LogP contribution is -2.31. The molecular weight excluding hydrogens is 668 g/mol. The average Bonchev–Trinajstić information content (AvgIpc) is 3.14. The number of carboxylic acids is 1. The van der Waals surface area contributed by atoms with Gasteiger partial charge in [-0.3, -0.25) is 19.4 Å². The van der Waals surface area contributed by atoms with Gasteiger partial charge in [0.2, 0.25) is 11.8 Å². The Morgan fingerprint density at radius 3 is 1.47 bits per heavy atom. The van der Waals surface area contributed by atoms with E-state index in [1.807, 2.05) is 38.1 Å². The Hall–Kier alpha value is -5.32. The predicted molar refractivity (Wildman–Crippen MR) is 204 cm³/mol. The van der Waals surface area contributed by atoms with Gasteiger partial charge in [0.15, 0.2) is 0 Å². The van der Waals surface area contributed by atoms with E-state index in [0.29, 0.717) is 11.1 Å². The number of carbonyl (C=O) groups excluding carboxylic acids is 3. The summed E-state index contributed by atoms with van der Waals surface area (Å²) in [5.74, 6) is -1.16. The highest BCUT2D eigenvalue weighted by Gasteiger charge is 2.23. The van der Waals surface area contributed by atoms with E-state index >= 15 is 0 Å². The number of nitrogens with one attached hydrogen (secondary N) is 2. The molecule has 2 atom stereocenters. The SMILES string of the molecule is CC(=O)N[C@@H](C)c1ccc(CN2CCc3c(cccc3C(=O)O)C2)cc1.COC(=O)c1cccc2c1CCN(Cc1ccc([C@H](C)NC(C)=O)cc1)C2. The molecule has 4 aromatic carbocycles. The van der Waals surface area contributed by atoms with Gasteiger partial charge < -0.3 is 20.5 Å². The van der Waals surface area contributed by atoms with E-state index in [4.69, 9.17) is 4.74 Å². The van der Waals surface area contributed by atoms with Crippen LogP contribution in [0, 0.1) is 0 Å². The summed E-state index contributed by atoms with van der Waals surface area (Å²) < 4.78 is 4.90. The summed E-state index contributed by atoms with van der Waals surface area (Å²) in [6.45, 7) is 12.0. The number of fused-ring (bicyclic) bond motifs is 2. The molecule has 10 nitrogen and oxygen atoms in total. The molecule has 0 fully saturated rings. The van der Waals surface area contributed by atoms with Crippen LogP contribution in [-0.4, -0.2) is 58.9 Å². The molecule has 4 aromatic rings. The summed E-state index contributed by atoms with van der Waals surface area (Å²) in [7, 11) is 1.42. The fourth-order valence-corrected chi connectivity index (χ4v) is 7.22. The summed E-state index contributed by atoms with van der Waals surface area (Å²) in [6, 6.07) is 28.1. The van der Waals surface area contributed by atoms with Gasteiger partial charge in [-0.25, -0.2) is 9.59 Å². The van der Waals surface area contributed by atoms with Crippen LogP contribution in [0.4, 0.5) is 0 Å². The van der Waals surface area contributed by atoms with Crippen LogP contribution >= 0.6 is 0 Å². The number of carboxylic acid groups (broad SMARTS) is 1. The molecular formula is C43H50N4O6. The Balaban J connectivity index is 0.000000204. The number of methoxy groups -OCH3 is 1. The number of benzene rings is 4. The van der Waals surface area contributed by atoms with Gasteiger partial charge in [-0.15, -0.1) is 0 Å². The summed E-state index contributed by atoms with van der Waals surface area (Å²) in [5, 5.41) is 15.1. The maximum Gasteiger partial charge on any atom is 0.338 e. The van der Waals surface area contributed by atoms with E-state index < -0.39 is 5.97 Å². The molecule has 10 heteroatoms. The maximum absolute atomic E-state index is 11.9. The minimum atomic E-state index is -0.848. The van der Waals surface area contributed by atoms with Crippen molar-refractivity contribution in [3.63, 3.8) is 0 Å². The lowest BCUT2D eigenvalue weighted by molar-refractivity contribution is -0.120. The minimum absolute atomic E-state index is 0.00199. The molecule has 2 heterocycles. The summed E-state index contributed by atoms with van der Waals surface area (Å²) >= 11 is 0. The largest absolute Gasteiger partial charge is 0.478 e. The first-order valence-corrected chi connectivity index (χ1v) is 18.1. The van der Waals surface area contributed by atoms with E-state index in [1.165, 1.54) is 37.6 Å². The van der Waals surface area contributed by atoms with Crippen LogP contribution in [0.2, 0.25) is 0 Å².